The average Bonchev–Trinajstić information content (AvgIpc) is 3.22. The van der Waals surface area contributed by atoms with E-state index in [2.05, 4.69) is 9.88 Å². The van der Waals surface area contributed by atoms with Crippen molar-refractivity contribution in [2.24, 2.45) is 11.8 Å². The van der Waals surface area contributed by atoms with Crippen molar-refractivity contribution >= 4 is 16.8 Å². The molecule has 2 aromatic rings. The number of nitrogens with one attached hydrogen (secondary N) is 1. The van der Waals surface area contributed by atoms with E-state index in [0.717, 1.165) is 29.7 Å². The summed E-state index contributed by atoms with van der Waals surface area (Å²) in [6.45, 7) is 5.44. The lowest BCUT2D eigenvalue weighted by atomic mass is 9.96. The molecule has 3 rings (SSSR count). The van der Waals surface area contributed by atoms with E-state index in [4.69, 9.17) is 4.74 Å². The predicted octanol–water partition coefficient (Wildman–Crippen LogP) is 1.80. The van der Waals surface area contributed by atoms with Gasteiger partial charge in [0.25, 0.3) is 0 Å². The molecule has 2 heterocycles. The second kappa shape index (κ2) is 9.03. The quantitative estimate of drug-likeness (QED) is 0.720. The number of hydrogen-bond acceptors (Lipinski definition) is 4. The van der Waals surface area contributed by atoms with Crippen molar-refractivity contribution in [2.45, 2.75) is 13.3 Å². The molecule has 1 aromatic heterocycles. The largest absolute Gasteiger partial charge is 0.396 e. The van der Waals surface area contributed by atoms with Crippen molar-refractivity contribution in [2.75, 3.05) is 53.6 Å². The van der Waals surface area contributed by atoms with Gasteiger partial charge in [-0.05, 0) is 31.5 Å². The number of likely N-dealkylation sites (tertiary alicyclic amines) is 1. The minimum atomic E-state index is -0.306. The molecule has 0 spiro atoms. The molecule has 1 amide bonds. The highest BCUT2D eigenvalue weighted by Crippen LogP contribution is 2.28. The van der Waals surface area contributed by atoms with Crippen LogP contribution in [0.25, 0.3) is 10.9 Å². The molecule has 0 bridgehead atoms. The Balaban J connectivity index is 1.68. The molecule has 1 aromatic carbocycles. The van der Waals surface area contributed by atoms with Gasteiger partial charge in [-0.3, -0.25) is 4.79 Å². The first-order chi connectivity index (χ1) is 13.4. The first kappa shape index (κ1) is 20.8. The lowest BCUT2D eigenvalue weighted by Crippen LogP contribution is -2.34. The summed E-state index contributed by atoms with van der Waals surface area (Å²) >= 11 is 0. The zero-order valence-corrected chi connectivity index (χ0v) is 16.9. The summed E-state index contributed by atoms with van der Waals surface area (Å²) in [6, 6.07) is 4.93. The molecule has 1 aliphatic heterocycles. The maximum Gasteiger partial charge on any atom is 0.227 e. The summed E-state index contributed by atoms with van der Waals surface area (Å²) in [4.78, 5) is 20.0. The van der Waals surface area contributed by atoms with Crippen molar-refractivity contribution in [3.63, 3.8) is 0 Å². The number of amides is 1. The highest BCUT2D eigenvalue weighted by molar-refractivity contribution is 5.90. The maximum atomic E-state index is 14.0. The minimum Gasteiger partial charge on any atom is -0.396 e. The maximum absolute atomic E-state index is 14.0. The predicted molar refractivity (Wildman–Crippen MR) is 107 cm³/mol. The van der Waals surface area contributed by atoms with Crippen LogP contribution in [-0.4, -0.2) is 79.3 Å². The number of aromatic amines is 1. The number of aryl methyl sites for hydroxylation is 1. The van der Waals surface area contributed by atoms with E-state index in [9.17, 15) is 14.3 Å². The third-order valence-electron chi connectivity index (χ3n) is 5.82. The molecule has 0 unspecified atom stereocenters. The highest BCUT2D eigenvalue weighted by atomic mass is 19.1. The first-order valence-corrected chi connectivity index (χ1v) is 9.76. The summed E-state index contributed by atoms with van der Waals surface area (Å²) in [5, 5.41) is 10.5. The van der Waals surface area contributed by atoms with E-state index < -0.39 is 0 Å². The van der Waals surface area contributed by atoms with Gasteiger partial charge in [-0.25, -0.2) is 4.39 Å². The van der Waals surface area contributed by atoms with E-state index in [1.165, 1.54) is 6.07 Å². The Kier molecular flexibility index (Phi) is 6.69. The number of methoxy groups -OCH3 is 1. The molecule has 6 nitrogen and oxygen atoms in total. The number of fused-ring (bicyclic) bond motifs is 1. The number of aliphatic hydroxyl groups is 1. The molecule has 2 atom stereocenters. The smallest absolute Gasteiger partial charge is 0.227 e. The number of hydrogen-bond donors (Lipinski definition) is 2. The Morgan fingerprint density at radius 1 is 1.39 bits per heavy atom. The van der Waals surface area contributed by atoms with Crippen LogP contribution in [-0.2, 0) is 16.0 Å². The van der Waals surface area contributed by atoms with Crippen LogP contribution in [0.1, 0.15) is 11.3 Å². The number of likely N-dealkylation sites (N-methyl/N-ethyl adjacent to an activating group) is 1. The van der Waals surface area contributed by atoms with Gasteiger partial charge in [-0.15, -0.1) is 0 Å². The molecule has 0 aliphatic carbocycles. The molecule has 154 valence electrons. The Morgan fingerprint density at radius 3 is 2.86 bits per heavy atom. The Morgan fingerprint density at radius 2 is 2.14 bits per heavy atom. The molecule has 2 N–H and O–H groups in total. The third kappa shape index (κ3) is 4.37. The number of para-hydroxylation sites is 1. The van der Waals surface area contributed by atoms with Crippen molar-refractivity contribution in [1.29, 1.82) is 0 Å². The molecule has 0 saturated carbocycles. The molecule has 0 radical (unpaired) electrons. The fraction of sp³-hybridized carbons (Fsp3) is 0.571. The molecule has 1 aliphatic rings. The van der Waals surface area contributed by atoms with Gasteiger partial charge in [0.15, 0.2) is 0 Å². The number of rotatable bonds is 8. The molecule has 1 fully saturated rings. The molecule has 7 heteroatoms. The summed E-state index contributed by atoms with van der Waals surface area (Å²) in [6.07, 6.45) is 0.236. The number of ether oxygens (including phenoxy) is 1. The van der Waals surface area contributed by atoms with Gasteiger partial charge in [0, 0.05) is 56.9 Å². The number of aliphatic hydroxyl groups excluding tert-OH is 1. The summed E-state index contributed by atoms with van der Waals surface area (Å²) < 4.78 is 19.1. The van der Waals surface area contributed by atoms with Crippen LogP contribution >= 0.6 is 0 Å². The van der Waals surface area contributed by atoms with E-state index in [1.807, 2.05) is 24.9 Å². The Bertz CT molecular complexity index is 823. The summed E-state index contributed by atoms with van der Waals surface area (Å²) in [7, 11) is 3.71. The lowest BCUT2D eigenvalue weighted by molar-refractivity contribution is -0.129. The number of carbonyl (C=O) groups excluding carboxylic acids is 1. The van der Waals surface area contributed by atoms with Crippen molar-refractivity contribution in [3.05, 3.63) is 35.3 Å². The first-order valence-electron chi connectivity index (χ1n) is 9.76. The summed E-state index contributed by atoms with van der Waals surface area (Å²) in [5.74, 6) is 0.0292. The third-order valence-corrected chi connectivity index (χ3v) is 5.82. The second-order valence-electron chi connectivity index (χ2n) is 7.82. The average molecular weight is 391 g/mol. The zero-order chi connectivity index (χ0) is 20.3. The topological polar surface area (TPSA) is 68.8 Å². The fourth-order valence-electron chi connectivity index (χ4n) is 4.15. The van der Waals surface area contributed by atoms with Gasteiger partial charge < -0.3 is 24.6 Å². The van der Waals surface area contributed by atoms with Gasteiger partial charge in [0.2, 0.25) is 5.91 Å². The Labute approximate surface area is 165 Å². The minimum absolute atomic E-state index is 0.0220. The van der Waals surface area contributed by atoms with Gasteiger partial charge in [-0.2, -0.15) is 0 Å². The van der Waals surface area contributed by atoms with Crippen LogP contribution in [0.2, 0.25) is 0 Å². The van der Waals surface area contributed by atoms with Gasteiger partial charge in [0.05, 0.1) is 18.5 Å². The van der Waals surface area contributed by atoms with Crippen LogP contribution in [0.4, 0.5) is 4.39 Å². The number of aromatic nitrogens is 1. The number of benzene rings is 1. The highest BCUT2D eigenvalue weighted by Gasteiger charge is 2.35. The number of nitrogens with zero attached hydrogens (tertiary/aromatic N) is 2. The van der Waals surface area contributed by atoms with E-state index in [0.29, 0.717) is 25.2 Å². The molecular weight excluding hydrogens is 361 g/mol. The second-order valence-corrected chi connectivity index (χ2v) is 7.82. The van der Waals surface area contributed by atoms with E-state index in [-0.39, 0.29) is 36.6 Å². The van der Waals surface area contributed by atoms with Crippen molar-refractivity contribution < 1.29 is 19.0 Å². The monoisotopic (exact) mass is 391 g/mol. The zero-order valence-electron chi connectivity index (χ0n) is 16.9. The van der Waals surface area contributed by atoms with Crippen LogP contribution in [0.3, 0.4) is 0 Å². The van der Waals surface area contributed by atoms with Crippen LogP contribution in [0.15, 0.2) is 18.2 Å². The number of carbonyl (C=O) groups is 1. The molecule has 28 heavy (non-hydrogen) atoms. The molecular formula is C21H30FN3O3. The van der Waals surface area contributed by atoms with E-state index >= 15 is 0 Å². The number of H-pyrrole nitrogens is 1. The Hall–Kier alpha value is -1.96. The van der Waals surface area contributed by atoms with E-state index in [1.54, 1.807) is 13.2 Å². The van der Waals surface area contributed by atoms with Crippen LogP contribution < -0.4 is 0 Å². The SMILES string of the molecule is COCCN(C)C[C@@H]1CN(C(=O)Cc2c(C)[nH]c3c(F)cccc23)C[C@@H]1CO. The summed E-state index contributed by atoms with van der Waals surface area (Å²) in [5.41, 5.74) is 2.12. The number of halogens is 1. The fourth-order valence-corrected chi connectivity index (χ4v) is 4.15. The van der Waals surface area contributed by atoms with Crippen molar-refractivity contribution in [3.8, 4) is 0 Å². The van der Waals surface area contributed by atoms with Crippen LogP contribution in [0.5, 0.6) is 0 Å². The normalized spacial score (nSPS) is 19.9. The van der Waals surface area contributed by atoms with Gasteiger partial charge in [-0.1, -0.05) is 12.1 Å². The molecule has 1 saturated heterocycles. The van der Waals surface area contributed by atoms with Crippen LogP contribution in [0, 0.1) is 24.6 Å². The van der Waals surface area contributed by atoms with Gasteiger partial charge in [0.1, 0.15) is 5.82 Å². The lowest BCUT2D eigenvalue weighted by Gasteiger charge is -2.23. The van der Waals surface area contributed by atoms with Crippen molar-refractivity contribution in [1.82, 2.24) is 14.8 Å². The standard InChI is InChI=1S/C21H30FN3O3/c1-14-18(17-5-4-6-19(22)21(17)23-14)9-20(27)25-11-15(16(12-25)13-26)10-24(2)7-8-28-3/h4-6,15-16,23,26H,7-13H2,1-3H3/t15-,16-/m1/s1. The van der Waals surface area contributed by atoms with Gasteiger partial charge >= 0.3 is 0 Å².